The SMILES string of the molecule is CCOC(=O)C1=C(C)NC(=S)N[C@H]1c1ccccc1OCC(=O)NN=Cc1ccc(C(C)(C)C)cc1. The largest absolute Gasteiger partial charge is 0.483 e. The van der Waals surface area contributed by atoms with Crippen molar-refractivity contribution in [3.63, 3.8) is 0 Å². The van der Waals surface area contributed by atoms with Crippen molar-refractivity contribution in [3.05, 3.63) is 76.5 Å². The first-order valence-electron chi connectivity index (χ1n) is 11.7. The van der Waals surface area contributed by atoms with Crippen molar-refractivity contribution in [2.24, 2.45) is 5.10 Å². The summed E-state index contributed by atoms with van der Waals surface area (Å²) in [6, 6.07) is 14.6. The van der Waals surface area contributed by atoms with Crippen LogP contribution in [0.4, 0.5) is 0 Å². The predicted octanol–water partition coefficient (Wildman–Crippen LogP) is 3.87. The van der Waals surface area contributed by atoms with E-state index in [0.717, 1.165) is 5.56 Å². The normalized spacial score (nSPS) is 15.8. The summed E-state index contributed by atoms with van der Waals surface area (Å²) in [4.78, 5) is 25.0. The third-order valence-corrected chi connectivity index (χ3v) is 5.75. The Labute approximate surface area is 217 Å². The second-order valence-electron chi connectivity index (χ2n) is 9.28. The fourth-order valence-corrected chi connectivity index (χ4v) is 3.95. The van der Waals surface area contributed by atoms with Crippen LogP contribution in [0.2, 0.25) is 0 Å². The number of rotatable bonds is 8. The van der Waals surface area contributed by atoms with Crippen LogP contribution < -0.4 is 20.8 Å². The Morgan fingerprint density at radius 1 is 1.14 bits per heavy atom. The average molecular weight is 509 g/mol. The minimum atomic E-state index is -0.592. The molecule has 3 N–H and O–H groups in total. The first-order valence-corrected chi connectivity index (χ1v) is 12.1. The molecule has 0 bridgehead atoms. The minimum absolute atomic E-state index is 0.0671. The Bertz CT molecular complexity index is 1180. The summed E-state index contributed by atoms with van der Waals surface area (Å²) in [6.07, 6.45) is 1.58. The lowest BCUT2D eigenvalue weighted by Crippen LogP contribution is -2.45. The zero-order chi connectivity index (χ0) is 26.3. The van der Waals surface area contributed by atoms with Crippen LogP contribution in [0.5, 0.6) is 5.75 Å². The molecule has 0 spiro atoms. The number of amides is 1. The van der Waals surface area contributed by atoms with E-state index in [2.05, 4.69) is 41.9 Å². The van der Waals surface area contributed by atoms with E-state index < -0.39 is 17.9 Å². The maximum absolute atomic E-state index is 12.7. The second kappa shape index (κ2) is 11.8. The summed E-state index contributed by atoms with van der Waals surface area (Å²) < 4.78 is 11.0. The average Bonchev–Trinajstić information content (AvgIpc) is 2.82. The molecule has 3 rings (SSSR count). The molecule has 1 aliphatic heterocycles. The fourth-order valence-electron chi connectivity index (χ4n) is 3.68. The summed E-state index contributed by atoms with van der Waals surface area (Å²) in [5.41, 5.74) is 6.28. The van der Waals surface area contributed by atoms with Gasteiger partial charge in [-0.3, -0.25) is 4.79 Å². The van der Waals surface area contributed by atoms with Gasteiger partial charge >= 0.3 is 5.97 Å². The number of ether oxygens (including phenoxy) is 2. The van der Waals surface area contributed by atoms with E-state index in [4.69, 9.17) is 21.7 Å². The van der Waals surface area contributed by atoms with Crippen LogP contribution in [0.25, 0.3) is 0 Å². The molecule has 0 saturated carbocycles. The number of allylic oxidation sites excluding steroid dienone is 1. The molecule has 0 unspecified atom stereocenters. The monoisotopic (exact) mass is 508 g/mol. The van der Waals surface area contributed by atoms with E-state index in [1.54, 1.807) is 32.2 Å². The van der Waals surface area contributed by atoms with Gasteiger partial charge in [-0.1, -0.05) is 63.2 Å². The van der Waals surface area contributed by atoms with Gasteiger partial charge < -0.3 is 20.1 Å². The number of hydrogen-bond acceptors (Lipinski definition) is 6. The van der Waals surface area contributed by atoms with Crippen molar-refractivity contribution < 1.29 is 19.1 Å². The molecular formula is C27H32N4O4S. The molecule has 0 radical (unpaired) electrons. The molecule has 1 aliphatic rings. The summed E-state index contributed by atoms with van der Waals surface area (Å²) in [5, 5.41) is 10.5. The van der Waals surface area contributed by atoms with Crippen LogP contribution in [0.3, 0.4) is 0 Å². The summed E-state index contributed by atoms with van der Waals surface area (Å²) in [5.74, 6) is -0.440. The molecule has 190 valence electrons. The number of carbonyl (C=O) groups is 2. The zero-order valence-electron chi connectivity index (χ0n) is 21.2. The third kappa shape index (κ3) is 6.91. The van der Waals surface area contributed by atoms with Crippen LogP contribution in [-0.2, 0) is 19.7 Å². The number of benzene rings is 2. The number of nitrogens with one attached hydrogen (secondary N) is 3. The number of nitrogens with zero attached hydrogens (tertiary/aromatic N) is 1. The fraction of sp³-hybridized carbons (Fsp3) is 0.333. The second-order valence-corrected chi connectivity index (χ2v) is 9.69. The van der Waals surface area contributed by atoms with Gasteiger partial charge in [0.2, 0.25) is 0 Å². The van der Waals surface area contributed by atoms with Crippen LogP contribution in [0, 0.1) is 0 Å². The minimum Gasteiger partial charge on any atom is -0.483 e. The van der Waals surface area contributed by atoms with Gasteiger partial charge in [-0.15, -0.1) is 0 Å². The first-order chi connectivity index (χ1) is 17.1. The summed E-state index contributed by atoms with van der Waals surface area (Å²) >= 11 is 5.30. The Balaban J connectivity index is 1.67. The van der Waals surface area contributed by atoms with Gasteiger partial charge in [0.15, 0.2) is 11.7 Å². The van der Waals surface area contributed by atoms with Crippen molar-refractivity contribution in [1.82, 2.24) is 16.1 Å². The molecular weight excluding hydrogens is 476 g/mol. The van der Waals surface area contributed by atoms with E-state index in [9.17, 15) is 9.59 Å². The van der Waals surface area contributed by atoms with Crippen molar-refractivity contribution in [2.75, 3.05) is 13.2 Å². The maximum Gasteiger partial charge on any atom is 0.338 e. The Hall–Kier alpha value is -3.72. The number of carbonyl (C=O) groups excluding carboxylic acids is 2. The molecule has 1 heterocycles. The van der Waals surface area contributed by atoms with Crippen LogP contribution in [-0.4, -0.2) is 36.4 Å². The van der Waals surface area contributed by atoms with E-state index in [0.29, 0.717) is 27.7 Å². The number of hydrazone groups is 1. The van der Waals surface area contributed by atoms with Crippen molar-refractivity contribution in [2.45, 2.75) is 46.1 Å². The van der Waals surface area contributed by atoms with Crippen molar-refractivity contribution >= 4 is 35.4 Å². The van der Waals surface area contributed by atoms with E-state index >= 15 is 0 Å². The van der Waals surface area contributed by atoms with E-state index in [1.165, 1.54) is 5.56 Å². The lowest BCUT2D eigenvalue weighted by atomic mass is 9.87. The highest BCUT2D eigenvalue weighted by Crippen LogP contribution is 2.33. The van der Waals surface area contributed by atoms with Crippen molar-refractivity contribution in [3.8, 4) is 5.75 Å². The van der Waals surface area contributed by atoms with Gasteiger partial charge in [0.05, 0.1) is 24.4 Å². The summed E-state index contributed by atoms with van der Waals surface area (Å²) in [6.45, 7) is 9.95. The molecule has 2 aromatic carbocycles. The number of para-hydroxylation sites is 1. The van der Waals surface area contributed by atoms with Gasteiger partial charge in [0.25, 0.3) is 5.91 Å². The highest BCUT2D eigenvalue weighted by Gasteiger charge is 2.32. The number of esters is 1. The van der Waals surface area contributed by atoms with Crippen molar-refractivity contribution in [1.29, 1.82) is 0 Å². The smallest absolute Gasteiger partial charge is 0.338 e. The molecule has 2 aromatic rings. The zero-order valence-corrected chi connectivity index (χ0v) is 22.0. The molecule has 36 heavy (non-hydrogen) atoms. The molecule has 8 nitrogen and oxygen atoms in total. The van der Waals surface area contributed by atoms with Crippen LogP contribution in [0.1, 0.15) is 57.4 Å². The van der Waals surface area contributed by atoms with Gasteiger partial charge in [0, 0.05) is 11.3 Å². The number of thiocarbonyl (C=S) groups is 1. The quantitative estimate of drug-likeness (QED) is 0.215. The highest BCUT2D eigenvalue weighted by molar-refractivity contribution is 7.80. The van der Waals surface area contributed by atoms with E-state index in [1.807, 2.05) is 36.4 Å². The van der Waals surface area contributed by atoms with Gasteiger partial charge in [-0.2, -0.15) is 5.10 Å². The predicted molar refractivity (Wildman–Crippen MR) is 144 cm³/mol. The van der Waals surface area contributed by atoms with Gasteiger partial charge in [0.1, 0.15) is 5.75 Å². The molecule has 1 amide bonds. The highest BCUT2D eigenvalue weighted by atomic mass is 32.1. The van der Waals surface area contributed by atoms with Gasteiger partial charge in [-0.05, 0) is 48.7 Å². The Kier molecular flexibility index (Phi) is 8.82. The first kappa shape index (κ1) is 26.9. The lowest BCUT2D eigenvalue weighted by Gasteiger charge is -2.30. The molecule has 0 fully saturated rings. The standard InChI is InChI=1S/C27H32N4O4S/c1-6-34-25(33)23-17(2)29-26(36)30-24(23)20-9-7-8-10-21(20)35-16-22(32)31-28-15-18-11-13-19(14-12-18)27(3,4)5/h7-15,24H,6,16H2,1-5H3,(H,31,32)(H2,29,30,36)/t24-/m0/s1. The van der Waals surface area contributed by atoms with E-state index in [-0.39, 0.29) is 18.6 Å². The lowest BCUT2D eigenvalue weighted by molar-refractivity contribution is -0.139. The Morgan fingerprint density at radius 3 is 2.50 bits per heavy atom. The summed E-state index contributed by atoms with van der Waals surface area (Å²) in [7, 11) is 0. The Morgan fingerprint density at radius 2 is 1.83 bits per heavy atom. The van der Waals surface area contributed by atoms with Crippen LogP contribution in [0.15, 0.2) is 64.9 Å². The molecule has 0 aliphatic carbocycles. The maximum atomic E-state index is 12.7. The van der Waals surface area contributed by atoms with Gasteiger partial charge in [-0.25, -0.2) is 10.2 Å². The topological polar surface area (TPSA) is 101 Å². The molecule has 0 aromatic heterocycles. The molecule has 0 saturated heterocycles. The third-order valence-electron chi connectivity index (χ3n) is 5.53. The number of hydrogen-bond donors (Lipinski definition) is 3. The molecule has 1 atom stereocenters. The molecule has 9 heteroatoms. The van der Waals surface area contributed by atoms with Crippen LogP contribution >= 0.6 is 12.2 Å².